The van der Waals surface area contributed by atoms with Gasteiger partial charge in [0.15, 0.2) is 0 Å². The van der Waals surface area contributed by atoms with E-state index in [1.54, 1.807) is 17.0 Å². The molecule has 8 nitrogen and oxygen atoms in total. The van der Waals surface area contributed by atoms with E-state index in [2.05, 4.69) is 11.3 Å². The molecule has 1 amide bonds. The second-order valence-electron chi connectivity index (χ2n) is 7.08. The number of esters is 2. The van der Waals surface area contributed by atoms with E-state index in [0.717, 1.165) is 11.1 Å². The van der Waals surface area contributed by atoms with Crippen molar-refractivity contribution < 1.29 is 28.6 Å². The van der Waals surface area contributed by atoms with Gasteiger partial charge in [-0.05, 0) is 31.4 Å². The van der Waals surface area contributed by atoms with Crippen LogP contribution >= 0.6 is 0 Å². The summed E-state index contributed by atoms with van der Waals surface area (Å²) >= 11 is 0. The zero-order valence-electron chi connectivity index (χ0n) is 17.2. The number of amides is 1. The minimum Gasteiger partial charge on any atom is -0.493 e. The summed E-state index contributed by atoms with van der Waals surface area (Å²) in [5, 5.41) is 0. The van der Waals surface area contributed by atoms with Crippen LogP contribution in [0.25, 0.3) is 0 Å². The van der Waals surface area contributed by atoms with Gasteiger partial charge in [0, 0.05) is 31.6 Å². The SMILES string of the molecule is C=C1C[C@@H](COC(C)=O)N(C(=O)c2cc(C)c(OCCCC(=O)OC)cc2N)C1. The fourth-order valence-corrected chi connectivity index (χ4v) is 3.18. The monoisotopic (exact) mass is 404 g/mol. The number of carbonyl (C=O) groups excluding carboxylic acids is 3. The van der Waals surface area contributed by atoms with E-state index in [4.69, 9.17) is 15.2 Å². The van der Waals surface area contributed by atoms with Gasteiger partial charge in [-0.2, -0.15) is 0 Å². The highest BCUT2D eigenvalue weighted by Gasteiger charge is 2.33. The van der Waals surface area contributed by atoms with Crippen LogP contribution in [-0.4, -0.2) is 55.7 Å². The zero-order chi connectivity index (χ0) is 21.6. The first kappa shape index (κ1) is 22.3. The number of benzene rings is 1. The number of aryl methyl sites for hydroxylation is 1. The Kier molecular flexibility index (Phi) is 7.64. The number of ether oxygens (including phenoxy) is 3. The Balaban J connectivity index is 2.08. The van der Waals surface area contributed by atoms with Crippen molar-refractivity contribution in [1.82, 2.24) is 4.90 Å². The number of likely N-dealkylation sites (tertiary alicyclic amines) is 1. The van der Waals surface area contributed by atoms with Crippen molar-refractivity contribution in [2.45, 2.75) is 39.2 Å². The van der Waals surface area contributed by atoms with Gasteiger partial charge in [-0.1, -0.05) is 12.2 Å². The zero-order valence-corrected chi connectivity index (χ0v) is 17.2. The lowest BCUT2D eigenvalue weighted by molar-refractivity contribution is -0.142. The molecule has 1 aliphatic heterocycles. The van der Waals surface area contributed by atoms with Crippen molar-refractivity contribution in [3.05, 3.63) is 35.4 Å². The lowest BCUT2D eigenvalue weighted by Gasteiger charge is -2.25. The highest BCUT2D eigenvalue weighted by Crippen LogP contribution is 2.29. The molecule has 0 aromatic heterocycles. The standard InChI is InChI=1S/C21H28N2O6/c1-13-8-16(12-29-15(3)24)23(11-13)21(26)17-9-14(2)19(10-18(17)22)28-7-5-6-20(25)27-4/h9-10,16H,1,5-8,11-12,22H2,2-4H3/t16-/m0/s1. The summed E-state index contributed by atoms with van der Waals surface area (Å²) in [6.45, 7) is 7.97. The summed E-state index contributed by atoms with van der Waals surface area (Å²) in [7, 11) is 1.34. The molecule has 158 valence electrons. The van der Waals surface area contributed by atoms with Crippen LogP contribution < -0.4 is 10.5 Å². The van der Waals surface area contributed by atoms with Gasteiger partial charge in [0.2, 0.25) is 0 Å². The molecule has 0 saturated carbocycles. The maximum atomic E-state index is 13.1. The number of hydrogen-bond acceptors (Lipinski definition) is 7. The second kappa shape index (κ2) is 9.95. The quantitative estimate of drug-likeness (QED) is 0.306. The summed E-state index contributed by atoms with van der Waals surface area (Å²) in [6.07, 6.45) is 1.36. The molecular formula is C21H28N2O6. The van der Waals surface area contributed by atoms with Crippen molar-refractivity contribution in [3.8, 4) is 5.75 Å². The Hall–Kier alpha value is -3.03. The summed E-state index contributed by atoms with van der Waals surface area (Å²) in [5.41, 5.74) is 8.45. The minimum atomic E-state index is -0.390. The maximum Gasteiger partial charge on any atom is 0.305 e. The lowest BCUT2D eigenvalue weighted by Crippen LogP contribution is -2.39. The van der Waals surface area contributed by atoms with E-state index >= 15 is 0 Å². The van der Waals surface area contributed by atoms with E-state index in [0.29, 0.717) is 43.0 Å². The van der Waals surface area contributed by atoms with Gasteiger partial charge in [-0.25, -0.2) is 0 Å². The van der Waals surface area contributed by atoms with Gasteiger partial charge in [0.1, 0.15) is 12.4 Å². The average molecular weight is 404 g/mol. The first-order valence-corrected chi connectivity index (χ1v) is 9.43. The largest absolute Gasteiger partial charge is 0.493 e. The molecule has 0 radical (unpaired) electrons. The van der Waals surface area contributed by atoms with Crippen LogP contribution in [0.1, 0.15) is 42.1 Å². The number of anilines is 1. The number of nitrogen functional groups attached to an aromatic ring is 1. The molecule has 2 N–H and O–H groups in total. The number of carbonyl (C=O) groups is 3. The Morgan fingerprint density at radius 3 is 2.69 bits per heavy atom. The third kappa shape index (κ3) is 5.97. The fourth-order valence-electron chi connectivity index (χ4n) is 3.18. The number of methoxy groups -OCH3 is 1. The topological polar surface area (TPSA) is 108 Å². The molecule has 1 aromatic rings. The van der Waals surface area contributed by atoms with Crippen molar-refractivity contribution in [2.75, 3.05) is 32.6 Å². The molecule has 8 heteroatoms. The third-order valence-electron chi connectivity index (χ3n) is 4.69. The van der Waals surface area contributed by atoms with Crippen molar-refractivity contribution >= 4 is 23.5 Å². The third-order valence-corrected chi connectivity index (χ3v) is 4.69. The maximum absolute atomic E-state index is 13.1. The second-order valence-corrected chi connectivity index (χ2v) is 7.08. The summed E-state index contributed by atoms with van der Waals surface area (Å²) in [4.78, 5) is 37.0. The molecule has 1 aromatic carbocycles. The van der Waals surface area contributed by atoms with Gasteiger partial charge in [-0.3, -0.25) is 14.4 Å². The number of nitrogens with zero attached hydrogens (tertiary/aromatic N) is 1. The van der Waals surface area contributed by atoms with Crippen molar-refractivity contribution in [2.24, 2.45) is 0 Å². The molecule has 1 aliphatic rings. The van der Waals surface area contributed by atoms with E-state index < -0.39 is 0 Å². The van der Waals surface area contributed by atoms with Crippen molar-refractivity contribution in [1.29, 1.82) is 0 Å². The number of hydrogen-bond donors (Lipinski definition) is 1. The summed E-state index contributed by atoms with van der Waals surface area (Å²) in [5.74, 6) is -0.356. The fraction of sp³-hybridized carbons (Fsp3) is 0.476. The van der Waals surface area contributed by atoms with Crippen LogP contribution in [0.15, 0.2) is 24.3 Å². The van der Waals surface area contributed by atoms with Crippen LogP contribution in [0.5, 0.6) is 5.75 Å². The molecule has 0 unspecified atom stereocenters. The van der Waals surface area contributed by atoms with Gasteiger partial charge < -0.3 is 24.8 Å². The summed E-state index contributed by atoms with van der Waals surface area (Å²) < 4.78 is 15.4. The van der Waals surface area contributed by atoms with E-state index in [1.807, 2.05) is 6.92 Å². The van der Waals surface area contributed by atoms with Crippen LogP contribution in [0.4, 0.5) is 5.69 Å². The van der Waals surface area contributed by atoms with Crippen molar-refractivity contribution in [3.63, 3.8) is 0 Å². The molecule has 1 saturated heterocycles. The van der Waals surface area contributed by atoms with Gasteiger partial charge >= 0.3 is 11.9 Å². The Morgan fingerprint density at radius 2 is 2.03 bits per heavy atom. The molecule has 0 spiro atoms. The van der Waals surface area contributed by atoms with E-state index in [9.17, 15) is 14.4 Å². The minimum absolute atomic E-state index is 0.125. The predicted molar refractivity (Wildman–Crippen MR) is 108 cm³/mol. The molecular weight excluding hydrogens is 376 g/mol. The van der Waals surface area contributed by atoms with Gasteiger partial charge in [0.25, 0.3) is 5.91 Å². The Morgan fingerprint density at radius 1 is 1.31 bits per heavy atom. The summed E-state index contributed by atoms with van der Waals surface area (Å²) in [6, 6.07) is 3.05. The molecule has 1 atom stereocenters. The number of rotatable bonds is 8. The lowest BCUT2D eigenvalue weighted by atomic mass is 10.1. The first-order chi connectivity index (χ1) is 13.7. The molecule has 1 fully saturated rings. The average Bonchev–Trinajstić information content (AvgIpc) is 3.05. The van der Waals surface area contributed by atoms with Crippen LogP contribution in [-0.2, 0) is 19.1 Å². The van der Waals surface area contributed by atoms with Gasteiger partial charge in [0.05, 0.1) is 25.3 Å². The van der Waals surface area contributed by atoms with E-state index in [1.165, 1.54) is 14.0 Å². The van der Waals surface area contributed by atoms with E-state index in [-0.39, 0.29) is 36.9 Å². The Bertz CT molecular complexity index is 805. The van der Waals surface area contributed by atoms with Crippen LogP contribution in [0, 0.1) is 6.92 Å². The molecule has 0 aliphatic carbocycles. The van der Waals surface area contributed by atoms with Gasteiger partial charge in [-0.15, -0.1) is 0 Å². The normalized spacial score (nSPS) is 15.9. The predicted octanol–water partition coefficient (Wildman–Crippen LogP) is 2.24. The highest BCUT2D eigenvalue weighted by atomic mass is 16.5. The Labute approximate surface area is 170 Å². The smallest absolute Gasteiger partial charge is 0.305 e. The molecule has 1 heterocycles. The number of nitrogens with two attached hydrogens (primary N) is 1. The first-order valence-electron chi connectivity index (χ1n) is 9.43. The molecule has 29 heavy (non-hydrogen) atoms. The molecule has 2 rings (SSSR count). The molecule has 0 bridgehead atoms. The van der Waals surface area contributed by atoms with Crippen LogP contribution in [0.2, 0.25) is 0 Å². The van der Waals surface area contributed by atoms with Crippen LogP contribution in [0.3, 0.4) is 0 Å². The highest BCUT2D eigenvalue weighted by molar-refractivity contribution is 6.00.